The zero-order chi connectivity index (χ0) is 25.6. The number of fused-ring (bicyclic) bond motifs is 1. The molecule has 3 aromatic rings. The number of hydrogen-bond acceptors (Lipinski definition) is 3. The van der Waals surface area contributed by atoms with Gasteiger partial charge in [-0.1, -0.05) is 79.0 Å². The quantitative estimate of drug-likeness (QED) is 0.366. The van der Waals surface area contributed by atoms with Crippen molar-refractivity contribution in [2.24, 2.45) is 5.41 Å². The average molecular weight is 540 g/mol. The summed E-state index contributed by atoms with van der Waals surface area (Å²) in [7, 11) is 0. The molecule has 1 heterocycles. The van der Waals surface area contributed by atoms with Crippen molar-refractivity contribution in [3.63, 3.8) is 0 Å². The minimum atomic E-state index is -0.704. The molecule has 1 N–H and O–H groups in total. The molecule has 0 fully saturated rings. The summed E-state index contributed by atoms with van der Waals surface area (Å²) < 4.78 is 0. The van der Waals surface area contributed by atoms with Gasteiger partial charge in [0.2, 0.25) is 5.91 Å². The lowest BCUT2D eigenvalue weighted by atomic mass is 9.73. The van der Waals surface area contributed by atoms with E-state index < -0.39 is 6.04 Å². The van der Waals surface area contributed by atoms with Crippen LogP contribution in [0.2, 0.25) is 15.1 Å². The number of Topliss-reactive ketones (excluding diaryl/α,β-unsaturated/α-hetero) is 1. The van der Waals surface area contributed by atoms with Gasteiger partial charge in [-0.3, -0.25) is 14.5 Å². The second-order valence-electron chi connectivity index (χ2n) is 10.1. The van der Waals surface area contributed by atoms with Gasteiger partial charge in [-0.25, -0.2) is 0 Å². The van der Waals surface area contributed by atoms with Gasteiger partial charge >= 0.3 is 0 Å². The smallest absolute Gasteiger partial charge is 0.232 e. The van der Waals surface area contributed by atoms with Crippen LogP contribution in [0.25, 0.3) is 0 Å². The molecule has 7 heteroatoms. The summed E-state index contributed by atoms with van der Waals surface area (Å²) in [5, 5.41) is 5.01. The summed E-state index contributed by atoms with van der Waals surface area (Å²) in [6.45, 7) is 4.17. The summed E-state index contributed by atoms with van der Waals surface area (Å²) in [5.41, 5.74) is 4.12. The minimum absolute atomic E-state index is 0.00173. The number of para-hydroxylation sites is 2. The highest BCUT2D eigenvalue weighted by Gasteiger charge is 2.43. The number of ketones is 1. The van der Waals surface area contributed by atoms with E-state index in [1.807, 2.05) is 42.5 Å². The van der Waals surface area contributed by atoms with E-state index >= 15 is 0 Å². The Bertz CT molecular complexity index is 1400. The van der Waals surface area contributed by atoms with Gasteiger partial charge in [0, 0.05) is 32.8 Å². The molecule has 1 aliphatic heterocycles. The fourth-order valence-corrected chi connectivity index (χ4v) is 5.78. The Hall–Kier alpha value is -2.79. The molecular weight excluding hydrogens is 515 g/mol. The highest BCUT2D eigenvalue weighted by molar-refractivity contribution is 6.35. The molecule has 1 atom stereocenters. The average Bonchev–Trinajstić information content (AvgIpc) is 2.94. The zero-order valence-corrected chi connectivity index (χ0v) is 22.2. The van der Waals surface area contributed by atoms with E-state index in [2.05, 4.69) is 19.2 Å². The number of carbonyl (C=O) groups excluding carboxylic acids is 2. The van der Waals surface area contributed by atoms with Crippen molar-refractivity contribution in [3.8, 4) is 0 Å². The van der Waals surface area contributed by atoms with Gasteiger partial charge in [0.1, 0.15) is 0 Å². The molecule has 184 valence electrons. The molecule has 0 aromatic heterocycles. The van der Waals surface area contributed by atoms with Crippen LogP contribution >= 0.6 is 34.8 Å². The van der Waals surface area contributed by atoms with Gasteiger partial charge in [0.15, 0.2) is 5.78 Å². The predicted molar refractivity (Wildman–Crippen MR) is 147 cm³/mol. The number of carbonyl (C=O) groups is 2. The van der Waals surface area contributed by atoms with Crippen molar-refractivity contribution in [3.05, 3.63) is 104 Å². The van der Waals surface area contributed by atoms with Gasteiger partial charge in [-0.05, 0) is 59.4 Å². The summed E-state index contributed by atoms with van der Waals surface area (Å²) >= 11 is 19.0. The van der Waals surface area contributed by atoms with Crippen LogP contribution in [0.3, 0.4) is 0 Å². The van der Waals surface area contributed by atoms with Crippen molar-refractivity contribution in [1.82, 2.24) is 0 Å². The summed E-state index contributed by atoms with van der Waals surface area (Å²) in [4.78, 5) is 29.6. The van der Waals surface area contributed by atoms with E-state index in [-0.39, 0.29) is 23.5 Å². The lowest BCUT2D eigenvalue weighted by molar-refractivity contribution is -0.119. The van der Waals surface area contributed by atoms with E-state index in [0.717, 1.165) is 16.9 Å². The maximum Gasteiger partial charge on any atom is 0.232 e. The number of amides is 1. The molecule has 1 amide bonds. The van der Waals surface area contributed by atoms with Crippen LogP contribution < -0.4 is 10.2 Å². The predicted octanol–water partition coefficient (Wildman–Crippen LogP) is 8.03. The van der Waals surface area contributed by atoms with Crippen LogP contribution in [-0.4, -0.2) is 11.7 Å². The molecule has 5 rings (SSSR count). The van der Waals surface area contributed by atoms with Crippen molar-refractivity contribution >= 4 is 57.9 Å². The Balaban J connectivity index is 1.73. The Morgan fingerprint density at radius 3 is 2.39 bits per heavy atom. The molecule has 1 aliphatic carbocycles. The number of allylic oxidation sites excluding steroid dienone is 1. The number of benzene rings is 3. The first kappa shape index (κ1) is 24.9. The molecule has 3 aromatic carbocycles. The van der Waals surface area contributed by atoms with Gasteiger partial charge in [-0.15, -0.1) is 0 Å². The molecule has 4 nitrogen and oxygen atoms in total. The molecule has 1 unspecified atom stereocenters. The van der Waals surface area contributed by atoms with Gasteiger partial charge < -0.3 is 5.32 Å². The number of rotatable bonds is 3. The van der Waals surface area contributed by atoms with Crippen molar-refractivity contribution in [2.75, 3.05) is 10.2 Å². The Kier molecular flexibility index (Phi) is 6.63. The number of nitrogens with one attached hydrogen (secondary N) is 1. The van der Waals surface area contributed by atoms with Gasteiger partial charge in [0.25, 0.3) is 0 Å². The molecule has 36 heavy (non-hydrogen) atoms. The first-order valence-electron chi connectivity index (χ1n) is 11.8. The fourth-order valence-electron chi connectivity index (χ4n) is 5.14. The van der Waals surface area contributed by atoms with Gasteiger partial charge in [-0.2, -0.15) is 0 Å². The third-order valence-electron chi connectivity index (χ3n) is 6.70. The van der Waals surface area contributed by atoms with Crippen molar-refractivity contribution in [1.29, 1.82) is 0 Å². The second-order valence-corrected chi connectivity index (χ2v) is 11.4. The van der Waals surface area contributed by atoms with Crippen molar-refractivity contribution in [2.45, 2.75) is 39.2 Å². The zero-order valence-electron chi connectivity index (χ0n) is 19.9. The lowest BCUT2D eigenvalue weighted by Crippen LogP contribution is -2.40. The maximum absolute atomic E-state index is 14.1. The normalized spacial score (nSPS) is 18.8. The Morgan fingerprint density at radius 1 is 0.972 bits per heavy atom. The highest BCUT2D eigenvalue weighted by Crippen LogP contribution is 2.49. The highest BCUT2D eigenvalue weighted by atomic mass is 35.5. The van der Waals surface area contributed by atoms with Crippen LogP contribution in [0.5, 0.6) is 0 Å². The third kappa shape index (κ3) is 4.78. The number of anilines is 2. The Morgan fingerprint density at radius 2 is 1.67 bits per heavy atom. The summed E-state index contributed by atoms with van der Waals surface area (Å²) in [6, 6.07) is 19.3. The van der Waals surface area contributed by atoms with Crippen LogP contribution in [0.1, 0.15) is 43.9 Å². The molecule has 0 bridgehead atoms. The molecule has 0 radical (unpaired) electrons. The van der Waals surface area contributed by atoms with E-state index in [1.54, 1.807) is 29.2 Å². The molecule has 2 aliphatic rings. The van der Waals surface area contributed by atoms with E-state index in [4.69, 9.17) is 34.8 Å². The molecule has 0 saturated heterocycles. The number of halogens is 3. The summed E-state index contributed by atoms with van der Waals surface area (Å²) in [6.07, 6.45) is 1.18. The van der Waals surface area contributed by atoms with Crippen LogP contribution in [0, 0.1) is 5.41 Å². The van der Waals surface area contributed by atoms with Crippen LogP contribution in [-0.2, 0) is 16.0 Å². The van der Waals surface area contributed by atoms with Gasteiger partial charge in [0.05, 0.1) is 23.8 Å². The van der Waals surface area contributed by atoms with E-state index in [9.17, 15) is 9.59 Å². The Labute approximate surface area is 225 Å². The minimum Gasteiger partial charge on any atom is -0.357 e. The largest absolute Gasteiger partial charge is 0.357 e. The first-order valence-corrected chi connectivity index (χ1v) is 12.9. The van der Waals surface area contributed by atoms with Crippen molar-refractivity contribution < 1.29 is 9.59 Å². The molecular formula is C29H25Cl3N2O2. The fraction of sp³-hybridized carbons (Fsp3) is 0.241. The van der Waals surface area contributed by atoms with Crippen LogP contribution in [0.4, 0.5) is 11.4 Å². The topological polar surface area (TPSA) is 49.4 Å². The number of hydrogen-bond donors (Lipinski definition) is 1. The summed E-state index contributed by atoms with van der Waals surface area (Å²) in [5.74, 6) is -0.157. The second kappa shape index (κ2) is 9.59. The molecule has 0 saturated carbocycles. The lowest BCUT2D eigenvalue weighted by Gasteiger charge is -2.37. The first-order chi connectivity index (χ1) is 17.1. The third-order valence-corrected chi connectivity index (χ3v) is 7.51. The van der Waals surface area contributed by atoms with E-state index in [0.29, 0.717) is 44.7 Å². The maximum atomic E-state index is 14.1. The monoisotopic (exact) mass is 538 g/mol. The molecule has 0 spiro atoms. The SMILES string of the molecule is CC1(C)CC(=O)C2=C(C1)Nc1ccccc1N(C(=O)Cc1ccc(Cl)cc1)C2c1ccc(Cl)cc1Cl. The number of nitrogens with zero attached hydrogens (tertiary/aromatic N) is 1. The van der Waals surface area contributed by atoms with Crippen LogP contribution in [0.15, 0.2) is 78.0 Å². The standard InChI is InChI=1S/C29H25Cl3N2O2/c1-29(2)15-23-27(25(35)16-29)28(20-12-11-19(31)14-21(20)32)34(24-6-4-3-5-22(24)33-23)26(36)13-17-7-9-18(30)10-8-17/h3-12,14,28,33H,13,15-16H2,1-2H3. The van der Waals surface area contributed by atoms with E-state index in [1.165, 1.54) is 0 Å².